The van der Waals surface area contributed by atoms with Crippen LogP contribution in [0, 0.1) is 5.92 Å². The largest absolute Gasteiger partial charge is 0.384 e. The van der Waals surface area contributed by atoms with Crippen LogP contribution in [0.3, 0.4) is 0 Å². The van der Waals surface area contributed by atoms with Gasteiger partial charge in [0, 0.05) is 13.0 Å². The zero-order valence-electron chi connectivity index (χ0n) is 7.73. The Morgan fingerprint density at radius 3 is 2.54 bits per heavy atom. The highest BCUT2D eigenvalue weighted by Crippen LogP contribution is 2.21. The summed E-state index contributed by atoms with van der Waals surface area (Å²) >= 11 is 0. The van der Waals surface area contributed by atoms with Crippen molar-refractivity contribution >= 4 is 10.1 Å². The lowest BCUT2D eigenvalue weighted by molar-refractivity contribution is 0.102. The molecular formula is C7H14O5S. The van der Waals surface area contributed by atoms with Crippen LogP contribution in [0.15, 0.2) is 0 Å². The zero-order valence-corrected chi connectivity index (χ0v) is 8.54. The van der Waals surface area contributed by atoms with Gasteiger partial charge in [0.15, 0.2) is 0 Å². The quantitative estimate of drug-likeness (QED) is 0.442. The fourth-order valence-electron chi connectivity index (χ4n) is 1.02. The van der Waals surface area contributed by atoms with Gasteiger partial charge in [-0.05, 0) is 0 Å². The lowest BCUT2D eigenvalue weighted by Gasteiger charge is -2.11. The van der Waals surface area contributed by atoms with Crippen molar-refractivity contribution in [3.05, 3.63) is 0 Å². The number of epoxide rings is 1. The molecule has 0 aromatic carbocycles. The van der Waals surface area contributed by atoms with Gasteiger partial charge in [-0.3, -0.25) is 4.18 Å². The van der Waals surface area contributed by atoms with Gasteiger partial charge in [0.05, 0.1) is 32.2 Å². The zero-order chi connectivity index (χ0) is 9.90. The molecule has 0 aliphatic carbocycles. The Bertz CT molecular complexity index is 244. The van der Waals surface area contributed by atoms with E-state index in [1.165, 1.54) is 0 Å². The summed E-state index contributed by atoms with van der Waals surface area (Å²) in [5, 5.41) is 0. The van der Waals surface area contributed by atoms with Crippen molar-refractivity contribution in [2.75, 3.05) is 33.2 Å². The van der Waals surface area contributed by atoms with Crippen LogP contribution in [0.5, 0.6) is 0 Å². The van der Waals surface area contributed by atoms with Crippen molar-refractivity contribution in [3.63, 3.8) is 0 Å². The number of hydrogen-bond acceptors (Lipinski definition) is 5. The molecule has 0 bridgehead atoms. The van der Waals surface area contributed by atoms with Gasteiger partial charge in [-0.15, -0.1) is 0 Å². The predicted octanol–water partition coefficient (Wildman–Crippen LogP) is -0.376. The summed E-state index contributed by atoms with van der Waals surface area (Å²) in [4.78, 5) is 0. The molecule has 1 heterocycles. The Labute approximate surface area is 78.1 Å². The molecule has 1 fully saturated rings. The molecule has 2 atom stereocenters. The van der Waals surface area contributed by atoms with Crippen LogP contribution in [-0.2, 0) is 23.8 Å². The van der Waals surface area contributed by atoms with Gasteiger partial charge in [0.25, 0.3) is 10.1 Å². The fraction of sp³-hybridized carbons (Fsp3) is 1.00. The molecule has 1 saturated heterocycles. The summed E-state index contributed by atoms with van der Waals surface area (Å²) in [5.41, 5.74) is 0. The third-order valence-electron chi connectivity index (χ3n) is 1.76. The van der Waals surface area contributed by atoms with Gasteiger partial charge >= 0.3 is 0 Å². The SMILES string of the molecule is COC[C@H](COS(C)(=O)=O)[C@@H]1CO1. The van der Waals surface area contributed by atoms with Crippen LogP contribution < -0.4 is 0 Å². The van der Waals surface area contributed by atoms with Gasteiger partial charge in [0.1, 0.15) is 0 Å². The van der Waals surface area contributed by atoms with Gasteiger partial charge in [-0.2, -0.15) is 8.42 Å². The first-order valence-corrected chi connectivity index (χ1v) is 5.79. The Balaban J connectivity index is 2.30. The molecule has 0 aromatic heterocycles. The molecule has 0 unspecified atom stereocenters. The molecule has 5 nitrogen and oxygen atoms in total. The highest BCUT2D eigenvalue weighted by molar-refractivity contribution is 7.85. The van der Waals surface area contributed by atoms with Crippen LogP contribution in [0.1, 0.15) is 0 Å². The standard InChI is InChI=1S/C7H14O5S/c1-10-3-6(7-5-11-7)4-12-13(2,8)9/h6-7H,3-5H2,1-2H3/t6-,7+/m1/s1. The number of methoxy groups -OCH3 is 1. The molecule has 0 radical (unpaired) electrons. The molecule has 1 aliphatic rings. The van der Waals surface area contributed by atoms with E-state index < -0.39 is 10.1 Å². The van der Waals surface area contributed by atoms with Crippen molar-refractivity contribution < 1.29 is 22.1 Å². The third-order valence-corrected chi connectivity index (χ3v) is 2.33. The Morgan fingerprint density at radius 2 is 2.15 bits per heavy atom. The predicted molar refractivity (Wildman–Crippen MR) is 45.9 cm³/mol. The summed E-state index contributed by atoms with van der Waals surface area (Å²) in [6, 6.07) is 0. The fourth-order valence-corrected chi connectivity index (χ4v) is 1.44. The van der Waals surface area contributed by atoms with E-state index in [1.54, 1.807) is 7.11 Å². The van der Waals surface area contributed by atoms with E-state index >= 15 is 0 Å². The van der Waals surface area contributed by atoms with E-state index in [0.717, 1.165) is 6.26 Å². The summed E-state index contributed by atoms with van der Waals surface area (Å²) in [5.74, 6) is 0.0136. The maximum Gasteiger partial charge on any atom is 0.264 e. The number of rotatable bonds is 6. The normalized spacial score (nSPS) is 24.3. The molecule has 0 amide bonds. The minimum Gasteiger partial charge on any atom is -0.384 e. The molecule has 0 aromatic rings. The van der Waals surface area contributed by atoms with Crippen molar-refractivity contribution in [3.8, 4) is 0 Å². The van der Waals surface area contributed by atoms with Gasteiger partial charge in [-0.1, -0.05) is 0 Å². The van der Waals surface area contributed by atoms with Crippen LogP contribution in [0.4, 0.5) is 0 Å². The molecule has 0 saturated carbocycles. The molecular weight excluding hydrogens is 196 g/mol. The lowest BCUT2D eigenvalue weighted by Crippen LogP contribution is -2.22. The third kappa shape index (κ3) is 4.56. The first-order chi connectivity index (χ1) is 6.03. The molecule has 0 spiro atoms. The van der Waals surface area contributed by atoms with E-state index in [1.807, 2.05) is 0 Å². The van der Waals surface area contributed by atoms with Crippen LogP contribution in [-0.4, -0.2) is 47.7 Å². The lowest BCUT2D eigenvalue weighted by atomic mass is 10.1. The van der Waals surface area contributed by atoms with Gasteiger partial charge in [0.2, 0.25) is 0 Å². The van der Waals surface area contributed by atoms with Crippen LogP contribution in [0.2, 0.25) is 0 Å². The van der Waals surface area contributed by atoms with Crippen LogP contribution in [0.25, 0.3) is 0 Å². The summed E-state index contributed by atoms with van der Waals surface area (Å²) in [6.45, 7) is 1.26. The maximum absolute atomic E-state index is 10.7. The summed E-state index contributed by atoms with van der Waals surface area (Å²) in [7, 11) is -1.79. The average Bonchev–Trinajstić information content (AvgIpc) is 2.78. The summed E-state index contributed by atoms with van der Waals surface area (Å²) in [6.07, 6.45) is 1.13. The van der Waals surface area contributed by atoms with Crippen molar-refractivity contribution in [2.24, 2.45) is 5.92 Å². The Hall–Kier alpha value is -0.170. The molecule has 0 N–H and O–H groups in total. The van der Waals surface area contributed by atoms with Crippen LogP contribution >= 0.6 is 0 Å². The number of ether oxygens (including phenoxy) is 2. The van der Waals surface area contributed by atoms with Crippen molar-refractivity contribution in [1.82, 2.24) is 0 Å². The number of hydrogen-bond donors (Lipinski definition) is 0. The second-order valence-electron chi connectivity index (χ2n) is 3.08. The second kappa shape index (κ2) is 4.36. The maximum atomic E-state index is 10.7. The smallest absolute Gasteiger partial charge is 0.264 e. The van der Waals surface area contributed by atoms with Crippen molar-refractivity contribution in [1.29, 1.82) is 0 Å². The molecule has 13 heavy (non-hydrogen) atoms. The van der Waals surface area contributed by atoms with Gasteiger partial charge < -0.3 is 9.47 Å². The van der Waals surface area contributed by atoms with Gasteiger partial charge in [-0.25, -0.2) is 0 Å². The van der Waals surface area contributed by atoms with E-state index in [4.69, 9.17) is 9.47 Å². The average molecular weight is 210 g/mol. The first-order valence-electron chi connectivity index (χ1n) is 3.98. The Kier molecular flexibility index (Phi) is 3.66. The molecule has 78 valence electrons. The van der Waals surface area contributed by atoms with E-state index in [-0.39, 0.29) is 18.6 Å². The minimum atomic E-state index is -3.35. The molecule has 1 rings (SSSR count). The van der Waals surface area contributed by atoms with E-state index in [0.29, 0.717) is 13.2 Å². The molecule has 1 aliphatic heterocycles. The van der Waals surface area contributed by atoms with E-state index in [9.17, 15) is 8.42 Å². The Morgan fingerprint density at radius 1 is 1.54 bits per heavy atom. The first kappa shape index (κ1) is 10.9. The monoisotopic (exact) mass is 210 g/mol. The van der Waals surface area contributed by atoms with Crippen molar-refractivity contribution in [2.45, 2.75) is 6.10 Å². The topological polar surface area (TPSA) is 65.1 Å². The second-order valence-corrected chi connectivity index (χ2v) is 4.72. The minimum absolute atomic E-state index is 0.0136. The van der Waals surface area contributed by atoms with E-state index in [2.05, 4.69) is 4.18 Å². The molecule has 6 heteroatoms. The summed E-state index contributed by atoms with van der Waals surface area (Å²) < 4.78 is 36.0. The highest BCUT2D eigenvalue weighted by atomic mass is 32.2. The highest BCUT2D eigenvalue weighted by Gasteiger charge is 2.33.